The van der Waals surface area contributed by atoms with Gasteiger partial charge in [-0.05, 0) is 26.8 Å². The molecule has 0 bridgehead atoms. The Balaban J connectivity index is 0.00000280. The highest BCUT2D eigenvalue weighted by atomic mass is 127. The summed E-state index contributed by atoms with van der Waals surface area (Å²) in [5.41, 5.74) is -0.0533. The molecule has 28 heavy (non-hydrogen) atoms. The lowest BCUT2D eigenvalue weighted by molar-refractivity contribution is -0.0850. The molecule has 9 heteroatoms. The Kier molecular flexibility index (Phi) is 9.16. The van der Waals surface area contributed by atoms with E-state index in [1.54, 1.807) is 12.4 Å². The average molecular weight is 503 g/mol. The second kappa shape index (κ2) is 11.1. The molecule has 2 fully saturated rings. The molecule has 0 spiro atoms. The van der Waals surface area contributed by atoms with Crippen molar-refractivity contribution in [3.8, 4) is 0 Å². The van der Waals surface area contributed by atoms with Crippen molar-refractivity contribution in [1.82, 2.24) is 25.1 Å². The molecule has 1 aromatic heterocycles. The van der Waals surface area contributed by atoms with Crippen LogP contribution >= 0.6 is 24.0 Å². The monoisotopic (exact) mass is 503 g/mol. The van der Waals surface area contributed by atoms with Gasteiger partial charge in [-0.25, -0.2) is 9.97 Å². The first-order valence-electron chi connectivity index (χ1n) is 9.99. The van der Waals surface area contributed by atoms with Crippen LogP contribution in [0.5, 0.6) is 0 Å². The molecule has 0 unspecified atom stereocenters. The maximum Gasteiger partial charge on any atom is 0.225 e. The van der Waals surface area contributed by atoms with Crippen molar-refractivity contribution in [3.63, 3.8) is 0 Å². The molecule has 8 nitrogen and oxygen atoms in total. The lowest BCUT2D eigenvalue weighted by Gasteiger charge is -2.38. The number of aromatic nitrogens is 2. The number of ether oxygens (including phenoxy) is 1. The standard InChI is InChI=1S/C19H33N7O.HI/c1-4-20-17(23-8-9-24-14-15-27-19(2,3)16-24)25-10-12-26(13-11-25)18-21-6-5-7-22-18;/h5-7H,4,8-16H2,1-3H3,(H,20,23);1H. The molecule has 2 saturated heterocycles. The maximum atomic E-state index is 5.79. The number of hydrogen-bond donors (Lipinski definition) is 1. The number of aliphatic imine (C=N–C) groups is 1. The van der Waals surface area contributed by atoms with E-state index in [0.29, 0.717) is 0 Å². The number of halogens is 1. The van der Waals surface area contributed by atoms with Gasteiger partial charge in [-0.15, -0.1) is 24.0 Å². The molecule has 0 saturated carbocycles. The molecule has 0 aromatic carbocycles. The van der Waals surface area contributed by atoms with Crippen molar-refractivity contribution in [2.75, 3.05) is 70.4 Å². The van der Waals surface area contributed by atoms with Crippen molar-refractivity contribution in [2.24, 2.45) is 4.99 Å². The fourth-order valence-corrected chi connectivity index (χ4v) is 3.60. The van der Waals surface area contributed by atoms with E-state index in [4.69, 9.17) is 9.73 Å². The van der Waals surface area contributed by atoms with Crippen LogP contribution in [-0.2, 0) is 4.74 Å². The average Bonchev–Trinajstić information content (AvgIpc) is 2.67. The summed E-state index contributed by atoms with van der Waals surface area (Å²) in [5, 5.41) is 3.44. The minimum Gasteiger partial charge on any atom is -0.373 e. The van der Waals surface area contributed by atoms with E-state index in [1.165, 1.54) is 0 Å². The number of piperazine rings is 1. The van der Waals surface area contributed by atoms with Gasteiger partial charge in [0.1, 0.15) is 0 Å². The summed E-state index contributed by atoms with van der Waals surface area (Å²) >= 11 is 0. The predicted molar refractivity (Wildman–Crippen MR) is 124 cm³/mol. The van der Waals surface area contributed by atoms with Crippen molar-refractivity contribution in [2.45, 2.75) is 26.4 Å². The van der Waals surface area contributed by atoms with Crippen molar-refractivity contribution in [3.05, 3.63) is 18.5 Å². The van der Waals surface area contributed by atoms with Gasteiger partial charge in [0.05, 0.1) is 18.8 Å². The maximum absolute atomic E-state index is 5.79. The zero-order valence-corrected chi connectivity index (χ0v) is 19.6. The minimum absolute atomic E-state index is 0. The lowest BCUT2D eigenvalue weighted by atomic mass is 10.1. The number of rotatable bonds is 5. The van der Waals surface area contributed by atoms with E-state index in [-0.39, 0.29) is 29.6 Å². The second-order valence-corrected chi connectivity index (χ2v) is 7.64. The van der Waals surface area contributed by atoms with E-state index in [0.717, 1.165) is 77.4 Å². The highest BCUT2D eigenvalue weighted by molar-refractivity contribution is 14.0. The summed E-state index contributed by atoms with van der Waals surface area (Å²) in [5.74, 6) is 1.83. The molecule has 158 valence electrons. The Bertz CT molecular complexity index is 606. The number of hydrogen-bond acceptors (Lipinski definition) is 6. The van der Waals surface area contributed by atoms with Crippen LogP contribution in [0.1, 0.15) is 20.8 Å². The van der Waals surface area contributed by atoms with E-state index >= 15 is 0 Å². The molecular formula is C19H34IN7O. The van der Waals surface area contributed by atoms with Crippen LogP contribution in [0, 0.1) is 0 Å². The molecule has 1 N–H and O–H groups in total. The number of morpholine rings is 1. The molecule has 1 aromatic rings. The van der Waals surface area contributed by atoms with E-state index in [1.807, 2.05) is 6.07 Å². The molecule has 3 heterocycles. The zero-order valence-electron chi connectivity index (χ0n) is 17.3. The summed E-state index contributed by atoms with van der Waals surface area (Å²) in [6.07, 6.45) is 3.60. The third kappa shape index (κ3) is 6.70. The van der Waals surface area contributed by atoms with Gasteiger partial charge in [-0.2, -0.15) is 0 Å². The Morgan fingerprint density at radius 1 is 1.18 bits per heavy atom. The largest absolute Gasteiger partial charge is 0.373 e. The van der Waals surface area contributed by atoms with Crippen LogP contribution in [0.4, 0.5) is 5.95 Å². The second-order valence-electron chi connectivity index (χ2n) is 7.64. The summed E-state index contributed by atoms with van der Waals surface area (Å²) in [4.78, 5) is 20.6. The molecule has 0 amide bonds. The molecule has 0 radical (unpaired) electrons. The highest BCUT2D eigenvalue weighted by Gasteiger charge is 2.27. The lowest BCUT2D eigenvalue weighted by Crippen LogP contribution is -2.53. The topological polar surface area (TPSA) is 69.1 Å². The molecular weight excluding hydrogens is 469 g/mol. The predicted octanol–water partition coefficient (Wildman–Crippen LogP) is 1.29. The van der Waals surface area contributed by atoms with Gasteiger partial charge in [0.15, 0.2) is 5.96 Å². The first-order chi connectivity index (χ1) is 13.1. The van der Waals surface area contributed by atoms with Gasteiger partial charge in [0, 0.05) is 64.8 Å². The number of anilines is 1. The zero-order chi connectivity index (χ0) is 19.1. The van der Waals surface area contributed by atoms with Crippen LogP contribution in [0.3, 0.4) is 0 Å². The quantitative estimate of drug-likeness (QED) is 0.369. The number of nitrogens with zero attached hydrogens (tertiary/aromatic N) is 6. The van der Waals surface area contributed by atoms with Crippen LogP contribution in [-0.4, -0.2) is 96.8 Å². The fraction of sp³-hybridized carbons (Fsp3) is 0.737. The van der Waals surface area contributed by atoms with Crippen LogP contribution < -0.4 is 10.2 Å². The SMILES string of the molecule is CCNC(=NCCN1CCOC(C)(C)C1)N1CCN(c2ncccn2)CC1.I. The van der Waals surface area contributed by atoms with Crippen LogP contribution in [0.2, 0.25) is 0 Å². The first kappa shape index (κ1) is 23.1. The van der Waals surface area contributed by atoms with Gasteiger partial charge in [-0.3, -0.25) is 9.89 Å². The van der Waals surface area contributed by atoms with E-state index in [2.05, 4.69) is 50.8 Å². The highest BCUT2D eigenvalue weighted by Crippen LogP contribution is 2.16. The Morgan fingerprint density at radius 3 is 2.54 bits per heavy atom. The minimum atomic E-state index is -0.0533. The Morgan fingerprint density at radius 2 is 1.89 bits per heavy atom. The summed E-state index contributed by atoms with van der Waals surface area (Å²) in [6, 6.07) is 1.85. The molecule has 0 atom stereocenters. The summed E-state index contributed by atoms with van der Waals surface area (Å²) < 4.78 is 5.79. The van der Waals surface area contributed by atoms with E-state index < -0.39 is 0 Å². The van der Waals surface area contributed by atoms with Gasteiger partial charge >= 0.3 is 0 Å². The molecule has 2 aliphatic heterocycles. The van der Waals surface area contributed by atoms with Crippen molar-refractivity contribution >= 4 is 35.9 Å². The third-order valence-electron chi connectivity index (χ3n) is 4.93. The van der Waals surface area contributed by atoms with Crippen LogP contribution in [0.25, 0.3) is 0 Å². The van der Waals surface area contributed by atoms with Gasteiger partial charge in [0.2, 0.25) is 5.95 Å². The van der Waals surface area contributed by atoms with Gasteiger partial charge in [0.25, 0.3) is 0 Å². The Hall–Kier alpha value is -1.20. The normalized spacial score (nSPS) is 20.6. The molecule has 2 aliphatic rings. The number of guanidine groups is 1. The summed E-state index contributed by atoms with van der Waals surface area (Å²) in [7, 11) is 0. The summed E-state index contributed by atoms with van der Waals surface area (Å²) in [6.45, 7) is 15.5. The molecule has 0 aliphatic carbocycles. The Labute approximate surface area is 185 Å². The smallest absolute Gasteiger partial charge is 0.225 e. The first-order valence-corrected chi connectivity index (χ1v) is 9.99. The fourth-order valence-electron chi connectivity index (χ4n) is 3.60. The van der Waals surface area contributed by atoms with Gasteiger partial charge < -0.3 is 19.9 Å². The number of nitrogens with one attached hydrogen (secondary N) is 1. The van der Waals surface area contributed by atoms with E-state index in [9.17, 15) is 0 Å². The van der Waals surface area contributed by atoms with Crippen LogP contribution in [0.15, 0.2) is 23.5 Å². The third-order valence-corrected chi connectivity index (χ3v) is 4.93. The van der Waals surface area contributed by atoms with Crippen molar-refractivity contribution in [1.29, 1.82) is 0 Å². The van der Waals surface area contributed by atoms with Gasteiger partial charge in [-0.1, -0.05) is 0 Å². The molecule has 3 rings (SSSR count). The van der Waals surface area contributed by atoms with Crippen molar-refractivity contribution < 1.29 is 4.74 Å².